The number of carbonyl (C=O) groups excluding carboxylic acids is 1. The van der Waals surface area contributed by atoms with Gasteiger partial charge in [0.05, 0.1) is 23.7 Å². The largest absolute Gasteiger partial charge is 0.573 e. The summed E-state index contributed by atoms with van der Waals surface area (Å²) in [5.41, 5.74) is 1.95. The van der Waals surface area contributed by atoms with Crippen LogP contribution >= 0.6 is 0 Å². The number of nitrogens with zero attached hydrogens (tertiary/aromatic N) is 2. The van der Waals surface area contributed by atoms with E-state index in [1.165, 1.54) is 22.9 Å². The quantitative estimate of drug-likeness (QED) is 0.758. The highest BCUT2D eigenvalue weighted by Gasteiger charge is 2.35. The first-order valence-corrected chi connectivity index (χ1v) is 7.93. The molecule has 0 N–H and O–H groups in total. The standard InChI is InChI=1S/C17H17F3N2O3/c1-3-24-16(23)14-10(2)22(21-15(14)11-7-8-11)12-5-4-6-13(9-12)25-17(18,19)20/h4-6,9,11H,3,7-8H2,1-2H3. The number of hydrogen-bond acceptors (Lipinski definition) is 4. The first kappa shape index (κ1) is 17.3. The van der Waals surface area contributed by atoms with Crippen LogP contribution in [0, 0.1) is 6.92 Å². The average Bonchev–Trinajstić information content (AvgIpc) is 3.29. The van der Waals surface area contributed by atoms with Crippen molar-refractivity contribution in [2.45, 2.75) is 39.0 Å². The molecule has 1 aromatic carbocycles. The maximum absolute atomic E-state index is 12.4. The third-order valence-corrected chi connectivity index (χ3v) is 3.88. The van der Waals surface area contributed by atoms with E-state index in [4.69, 9.17) is 4.74 Å². The summed E-state index contributed by atoms with van der Waals surface area (Å²) >= 11 is 0. The van der Waals surface area contributed by atoms with Crippen molar-refractivity contribution in [2.75, 3.05) is 6.61 Å². The minimum absolute atomic E-state index is 0.189. The van der Waals surface area contributed by atoms with Gasteiger partial charge in [-0.05, 0) is 38.8 Å². The van der Waals surface area contributed by atoms with Gasteiger partial charge in [-0.25, -0.2) is 9.48 Å². The van der Waals surface area contributed by atoms with E-state index in [2.05, 4.69) is 9.84 Å². The van der Waals surface area contributed by atoms with Crippen LogP contribution in [0.1, 0.15) is 47.4 Å². The van der Waals surface area contributed by atoms with Crippen molar-refractivity contribution in [1.29, 1.82) is 0 Å². The van der Waals surface area contributed by atoms with Gasteiger partial charge in [0.15, 0.2) is 0 Å². The molecule has 0 spiro atoms. The highest BCUT2D eigenvalue weighted by molar-refractivity contribution is 5.92. The fraction of sp³-hybridized carbons (Fsp3) is 0.412. The molecule has 8 heteroatoms. The van der Waals surface area contributed by atoms with E-state index in [9.17, 15) is 18.0 Å². The number of hydrogen-bond donors (Lipinski definition) is 0. The molecule has 1 fully saturated rings. The minimum atomic E-state index is -4.77. The fourth-order valence-corrected chi connectivity index (χ4v) is 2.69. The van der Waals surface area contributed by atoms with Crippen LogP contribution in [0.25, 0.3) is 5.69 Å². The number of benzene rings is 1. The van der Waals surface area contributed by atoms with E-state index >= 15 is 0 Å². The zero-order chi connectivity index (χ0) is 18.2. The molecule has 25 heavy (non-hydrogen) atoms. The summed E-state index contributed by atoms with van der Waals surface area (Å²) in [6.45, 7) is 3.65. The van der Waals surface area contributed by atoms with Crippen molar-refractivity contribution < 1.29 is 27.4 Å². The Morgan fingerprint density at radius 2 is 2.08 bits per heavy atom. The van der Waals surface area contributed by atoms with Crippen LogP contribution in [0.15, 0.2) is 24.3 Å². The second kappa shape index (κ2) is 6.42. The Bertz CT molecular complexity index is 795. The van der Waals surface area contributed by atoms with Crippen molar-refractivity contribution in [3.8, 4) is 11.4 Å². The fourth-order valence-electron chi connectivity index (χ4n) is 2.69. The molecular formula is C17H17F3N2O3. The van der Waals surface area contributed by atoms with Gasteiger partial charge in [0.25, 0.3) is 0 Å². The second-order valence-electron chi connectivity index (χ2n) is 5.80. The Morgan fingerprint density at radius 3 is 2.68 bits per heavy atom. The van der Waals surface area contributed by atoms with Crippen molar-refractivity contribution in [1.82, 2.24) is 9.78 Å². The Labute approximate surface area is 142 Å². The van der Waals surface area contributed by atoms with Gasteiger partial charge < -0.3 is 9.47 Å². The predicted octanol–water partition coefficient (Wildman–Crippen LogP) is 4.13. The minimum Gasteiger partial charge on any atom is -0.462 e. The second-order valence-corrected chi connectivity index (χ2v) is 5.80. The monoisotopic (exact) mass is 354 g/mol. The molecule has 0 saturated heterocycles. The van der Waals surface area contributed by atoms with Crippen LogP contribution < -0.4 is 4.74 Å². The summed E-state index contributed by atoms with van der Waals surface area (Å²) in [6.07, 6.45) is -2.91. The molecule has 0 radical (unpaired) electrons. The SMILES string of the molecule is CCOC(=O)c1c(C2CC2)nn(-c2cccc(OC(F)(F)F)c2)c1C. The summed E-state index contributed by atoms with van der Waals surface area (Å²) in [5, 5.41) is 4.46. The summed E-state index contributed by atoms with van der Waals surface area (Å²) in [7, 11) is 0. The van der Waals surface area contributed by atoms with Crippen molar-refractivity contribution in [3.63, 3.8) is 0 Å². The van der Waals surface area contributed by atoms with Gasteiger partial charge >= 0.3 is 12.3 Å². The Morgan fingerprint density at radius 1 is 1.36 bits per heavy atom. The van der Waals surface area contributed by atoms with Crippen LogP contribution in [-0.2, 0) is 4.74 Å². The zero-order valence-electron chi connectivity index (χ0n) is 13.8. The van der Waals surface area contributed by atoms with E-state index in [1.807, 2.05) is 0 Å². The lowest BCUT2D eigenvalue weighted by molar-refractivity contribution is -0.274. The lowest BCUT2D eigenvalue weighted by Crippen LogP contribution is -2.17. The number of rotatable bonds is 5. The molecule has 3 rings (SSSR count). The van der Waals surface area contributed by atoms with Gasteiger partial charge in [-0.2, -0.15) is 5.10 Å². The molecular weight excluding hydrogens is 337 g/mol. The van der Waals surface area contributed by atoms with Crippen LogP contribution in [-0.4, -0.2) is 28.7 Å². The number of alkyl halides is 3. The molecule has 0 unspecified atom stereocenters. The van der Waals surface area contributed by atoms with E-state index < -0.39 is 12.3 Å². The summed E-state index contributed by atoms with van der Waals surface area (Å²) in [5.74, 6) is -0.615. The topological polar surface area (TPSA) is 53.3 Å². The van der Waals surface area contributed by atoms with Gasteiger partial charge in [-0.15, -0.1) is 13.2 Å². The van der Waals surface area contributed by atoms with E-state index in [-0.39, 0.29) is 18.3 Å². The number of aromatic nitrogens is 2. The number of ether oxygens (including phenoxy) is 2. The van der Waals surface area contributed by atoms with Gasteiger partial charge in [0.1, 0.15) is 11.3 Å². The molecule has 0 bridgehead atoms. The normalized spacial score (nSPS) is 14.4. The third-order valence-electron chi connectivity index (χ3n) is 3.88. The van der Waals surface area contributed by atoms with E-state index in [0.717, 1.165) is 12.8 Å². The third kappa shape index (κ3) is 3.78. The summed E-state index contributed by atoms with van der Waals surface area (Å²) in [6, 6.07) is 5.50. The first-order valence-electron chi connectivity index (χ1n) is 7.93. The summed E-state index contributed by atoms with van der Waals surface area (Å²) < 4.78 is 47.8. The first-order chi connectivity index (χ1) is 11.8. The van der Waals surface area contributed by atoms with Crippen LogP contribution in [0.4, 0.5) is 13.2 Å². The highest BCUT2D eigenvalue weighted by atomic mass is 19.4. The van der Waals surface area contributed by atoms with Crippen LogP contribution in [0.2, 0.25) is 0 Å². The molecule has 0 aliphatic heterocycles. The lowest BCUT2D eigenvalue weighted by Gasteiger charge is -2.11. The Balaban J connectivity index is 2.02. The number of esters is 1. The molecule has 1 aromatic heterocycles. The van der Waals surface area contributed by atoms with Crippen LogP contribution in [0.5, 0.6) is 5.75 Å². The molecule has 1 heterocycles. The zero-order valence-corrected chi connectivity index (χ0v) is 13.8. The Kier molecular flexibility index (Phi) is 4.45. The number of halogens is 3. The molecule has 0 atom stereocenters. The maximum atomic E-state index is 12.4. The molecule has 0 amide bonds. The molecule has 1 aliphatic rings. The average molecular weight is 354 g/mol. The van der Waals surface area contributed by atoms with Gasteiger partial charge in [-0.3, -0.25) is 0 Å². The lowest BCUT2D eigenvalue weighted by atomic mass is 10.1. The number of carbonyl (C=O) groups is 1. The summed E-state index contributed by atoms with van der Waals surface area (Å²) in [4.78, 5) is 12.3. The maximum Gasteiger partial charge on any atom is 0.573 e. The van der Waals surface area contributed by atoms with Gasteiger partial charge in [0.2, 0.25) is 0 Å². The Hall–Kier alpha value is -2.51. The molecule has 1 aliphatic carbocycles. The van der Waals surface area contributed by atoms with Crippen molar-refractivity contribution in [3.05, 3.63) is 41.2 Å². The molecule has 134 valence electrons. The smallest absolute Gasteiger partial charge is 0.462 e. The van der Waals surface area contributed by atoms with Gasteiger partial charge in [0, 0.05) is 12.0 Å². The van der Waals surface area contributed by atoms with Crippen molar-refractivity contribution >= 4 is 5.97 Å². The predicted molar refractivity (Wildman–Crippen MR) is 82.9 cm³/mol. The molecule has 1 saturated carbocycles. The van der Waals surface area contributed by atoms with Gasteiger partial charge in [-0.1, -0.05) is 6.07 Å². The van der Waals surface area contributed by atoms with Crippen molar-refractivity contribution in [2.24, 2.45) is 0 Å². The highest BCUT2D eigenvalue weighted by Crippen LogP contribution is 2.42. The molecule has 2 aromatic rings. The van der Waals surface area contributed by atoms with E-state index in [0.29, 0.717) is 22.6 Å². The van der Waals surface area contributed by atoms with Crippen LogP contribution in [0.3, 0.4) is 0 Å². The molecule has 5 nitrogen and oxygen atoms in total. The van der Waals surface area contributed by atoms with E-state index in [1.54, 1.807) is 19.9 Å².